The standard InChI is InChI=1S/C13H10S/c14-13-7-3-6-11-10-5-2-1-4-9(10)8-12(11)13/h1-7,14H,8H2. The minimum absolute atomic E-state index is 1.03. The summed E-state index contributed by atoms with van der Waals surface area (Å²) in [6, 6.07) is 14.9. The molecule has 0 N–H and O–H groups in total. The van der Waals surface area contributed by atoms with E-state index < -0.39 is 0 Å². The summed E-state index contributed by atoms with van der Waals surface area (Å²) in [5.74, 6) is 0. The summed E-state index contributed by atoms with van der Waals surface area (Å²) in [7, 11) is 0. The Morgan fingerprint density at radius 1 is 0.857 bits per heavy atom. The first-order valence-corrected chi connectivity index (χ1v) is 5.20. The molecule has 3 rings (SSSR count). The van der Waals surface area contributed by atoms with Crippen LogP contribution < -0.4 is 0 Å². The Morgan fingerprint density at radius 2 is 1.64 bits per heavy atom. The Morgan fingerprint density at radius 3 is 2.57 bits per heavy atom. The summed E-state index contributed by atoms with van der Waals surface area (Å²) in [5.41, 5.74) is 5.52. The van der Waals surface area contributed by atoms with Gasteiger partial charge in [0.2, 0.25) is 0 Å². The number of hydrogen-bond donors (Lipinski definition) is 1. The van der Waals surface area contributed by atoms with Gasteiger partial charge in [0.15, 0.2) is 0 Å². The third-order valence-corrected chi connectivity index (χ3v) is 3.25. The Labute approximate surface area is 89.0 Å². The molecule has 0 aromatic heterocycles. The van der Waals surface area contributed by atoms with Gasteiger partial charge in [-0.3, -0.25) is 0 Å². The molecule has 0 atom stereocenters. The summed E-state index contributed by atoms with van der Waals surface area (Å²) in [6.07, 6.45) is 1.03. The van der Waals surface area contributed by atoms with E-state index in [2.05, 4.69) is 55.1 Å². The smallest absolute Gasteiger partial charge is 0.00816 e. The van der Waals surface area contributed by atoms with Gasteiger partial charge in [0.1, 0.15) is 0 Å². The molecule has 68 valence electrons. The van der Waals surface area contributed by atoms with Gasteiger partial charge >= 0.3 is 0 Å². The molecule has 14 heavy (non-hydrogen) atoms. The number of benzene rings is 2. The number of thiol groups is 1. The monoisotopic (exact) mass is 198 g/mol. The van der Waals surface area contributed by atoms with E-state index >= 15 is 0 Å². The Balaban J connectivity index is 2.33. The van der Waals surface area contributed by atoms with E-state index in [0.29, 0.717) is 0 Å². The van der Waals surface area contributed by atoms with Crippen molar-refractivity contribution in [1.29, 1.82) is 0 Å². The summed E-state index contributed by atoms with van der Waals surface area (Å²) < 4.78 is 0. The minimum Gasteiger partial charge on any atom is -0.143 e. The molecule has 0 unspecified atom stereocenters. The first-order chi connectivity index (χ1) is 6.86. The maximum absolute atomic E-state index is 4.49. The fourth-order valence-corrected chi connectivity index (χ4v) is 2.43. The molecule has 2 aromatic carbocycles. The number of fused-ring (bicyclic) bond motifs is 3. The zero-order valence-electron chi connectivity index (χ0n) is 7.70. The zero-order valence-corrected chi connectivity index (χ0v) is 8.59. The summed E-state index contributed by atoms with van der Waals surface area (Å²) in [5, 5.41) is 0. The second kappa shape index (κ2) is 2.89. The summed E-state index contributed by atoms with van der Waals surface area (Å²) in [4.78, 5) is 1.11. The van der Waals surface area contributed by atoms with Gasteiger partial charge in [-0.1, -0.05) is 36.4 Å². The molecular weight excluding hydrogens is 188 g/mol. The Hall–Kier alpha value is -1.21. The first-order valence-electron chi connectivity index (χ1n) is 4.75. The lowest BCUT2D eigenvalue weighted by atomic mass is 10.1. The van der Waals surface area contributed by atoms with Gasteiger partial charge in [-0.25, -0.2) is 0 Å². The van der Waals surface area contributed by atoms with Gasteiger partial charge in [-0.15, -0.1) is 12.6 Å². The van der Waals surface area contributed by atoms with Crippen molar-refractivity contribution in [3.05, 3.63) is 53.6 Å². The third kappa shape index (κ3) is 1.02. The van der Waals surface area contributed by atoms with Crippen molar-refractivity contribution < 1.29 is 0 Å². The highest BCUT2D eigenvalue weighted by Gasteiger charge is 2.18. The fourth-order valence-electron chi connectivity index (χ4n) is 2.14. The molecule has 0 radical (unpaired) electrons. The van der Waals surface area contributed by atoms with Crippen molar-refractivity contribution in [2.75, 3.05) is 0 Å². The summed E-state index contributed by atoms with van der Waals surface area (Å²) in [6.45, 7) is 0. The second-order valence-electron chi connectivity index (χ2n) is 3.64. The Bertz CT molecular complexity index is 500. The molecule has 1 aliphatic carbocycles. The van der Waals surface area contributed by atoms with Crippen LogP contribution in [0, 0.1) is 0 Å². The van der Waals surface area contributed by atoms with E-state index in [4.69, 9.17) is 0 Å². The van der Waals surface area contributed by atoms with Crippen LogP contribution in [0.4, 0.5) is 0 Å². The van der Waals surface area contributed by atoms with Crippen LogP contribution in [-0.4, -0.2) is 0 Å². The molecule has 0 amide bonds. The van der Waals surface area contributed by atoms with Gasteiger partial charge in [0, 0.05) is 4.90 Å². The third-order valence-electron chi connectivity index (χ3n) is 2.83. The predicted molar refractivity (Wildman–Crippen MR) is 61.9 cm³/mol. The second-order valence-corrected chi connectivity index (χ2v) is 4.12. The van der Waals surface area contributed by atoms with Crippen molar-refractivity contribution in [2.24, 2.45) is 0 Å². The lowest BCUT2D eigenvalue weighted by Crippen LogP contribution is -1.81. The molecule has 0 saturated heterocycles. The zero-order chi connectivity index (χ0) is 9.54. The van der Waals surface area contributed by atoms with Crippen molar-refractivity contribution in [3.63, 3.8) is 0 Å². The van der Waals surface area contributed by atoms with Crippen LogP contribution >= 0.6 is 12.6 Å². The van der Waals surface area contributed by atoms with E-state index in [1.807, 2.05) is 0 Å². The van der Waals surface area contributed by atoms with E-state index in [9.17, 15) is 0 Å². The number of hydrogen-bond acceptors (Lipinski definition) is 1. The average Bonchev–Trinajstić information content (AvgIpc) is 2.59. The lowest BCUT2D eigenvalue weighted by Gasteiger charge is -2.01. The maximum atomic E-state index is 4.49. The van der Waals surface area contributed by atoms with Crippen LogP contribution in [0.1, 0.15) is 11.1 Å². The van der Waals surface area contributed by atoms with Crippen molar-refractivity contribution >= 4 is 12.6 Å². The van der Waals surface area contributed by atoms with Crippen LogP contribution in [0.25, 0.3) is 11.1 Å². The fraction of sp³-hybridized carbons (Fsp3) is 0.0769. The topological polar surface area (TPSA) is 0 Å². The lowest BCUT2D eigenvalue weighted by molar-refractivity contribution is 1.19. The highest BCUT2D eigenvalue weighted by molar-refractivity contribution is 7.80. The molecule has 0 heterocycles. The molecule has 0 fully saturated rings. The average molecular weight is 198 g/mol. The number of rotatable bonds is 0. The summed E-state index contributed by atoms with van der Waals surface area (Å²) >= 11 is 4.49. The molecule has 2 aromatic rings. The van der Waals surface area contributed by atoms with Gasteiger partial charge < -0.3 is 0 Å². The van der Waals surface area contributed by atoms with Crippen LogP contribution in [-0.2, 0) is 6.42 Å². The van der Waals surface area contributed by atoms with Crippen LogP contribution in [0.5, 0.6) is 0 Å². The first kappa shape index (κ1) is 8.13. The minimum atomic E-state index is 1.03. The molecule has 1 heteroatoms. The van der Waals surface area contributed by atoms with E-state index in [0.717, 1.165) is 11.3 Å². The van der Waals surface area contributed by atoms with E-state index in [-0.39, 0.29) is 0 Å². The highest BCUT2D eigenvalue weighted by atomic mass is 32.1. The van der Waals surface area contributed by atoms with E-state index in [1.165, 1.54) is 22.3 Å². The maximum Gasteiger partial charge on any atom is 0.00816 e. The van der Waals surface area contributed by atoms with Crippen molar-refractivity contribution in [3.8, 4) is 11.1 Å². The van der Waals surface area contributed by atoms with Gasteiger partial charge in [0.05, 0.1) is 0 Å². The quantitative estimate of drug-likeness (QED) is 0.525. The van der Waals surface area contributed by atoms with E-state index in [1.54, 1.807) is 0 Å². The highest BCUT2D eigenvalue weighted by Crippen LogP contribution is 2.38. The normalized spacial score (nSPS) is 12.4. The Kier molecular flexibility index (Phi) is 1.68. The molecule has 0 saturated carbocycles. The largest absolute Gasteiger partial charge is 0.143 e. The van der Waals surface area contributed by atoms with Crippen molar-refractivity contribution in [1.82, 2.24) is 0 Å². The molecule has 0 bridgehead atoms. The van der Waals surface area contributed by atoms with Gasteiger partial charge in [-0.05, 0) is 34.7 Å². The van der Waals surface area contributed by atoms with Gasteiger partial charge in [0.25, 0.3) is 0 Å². The molecule has 0 nitrogen and oxygen atoms in total. The van der Waals surface area contributed by atoms with Crippen LogP contribution in [0.3, 0.4) is 0 Å². The van der Waals surface area contributed by atoms with Crippen molar-refractivity contribution in [2.45, 2.75) is 11.3 Å². The molecular formula is C13H10S. The molecule has 0 aliphatic heterocycles. The van der Waals surface area contributed by atoms with Gasteiger partial charge in [-0.2, -0.15) is 0 Å². The molecule has 1 aliphatic rings. The van der Waals surface area contributed by atoms with Crippen LogP contribution in [0.2, 0.25) is 0 Å². The van der Waals surface area contributed by atoms with Crippen LogP contribution in [0.15, 0.2) is 47.4 Å². The predicted octanol–water partition coefficient (Wildman–Crippen LogP) is 3.55. The SMILES string of the molecule is Sc1cccc2c1Cc1ccccc1-2. The molecule has 0 spiro atoms.